The van der Waals surface area contributed by atoms with Gasteiger partial charge in [-0.2, -0.15) is 5.10 Å². The number of piperidine rings is 1. The summed E-state index contributed by atoms with van der Waals surface area (Å²) >= 11 is 0. The van der Waals surface area contributed by atoms with Crippen LogP contribution in [0.25, 0.3) is 10.9 Å². The van der Waals surface area contributed by atoms with E-state index in [0.717, 1.165) is 29.7 Å². The van der Waals surface area contributed by atoms with Crippen molar-refractivity contribution in [3.8, 4) is 5.75 Å². The van der Waals surface area contributed by atoms with Gasteiger partial charge in [0.25, 0.3) is 5.91 Å². The summed E-state index contributed by atoms with van der Waals surface area (Å²) in [6.45, 7) is 7.68. The third-order valence-corrected chi connectivity index (χ3v) is 5.52. The molecular formula is C22H28N4O2. The summed E-state index contributed by atoms with van der Waals surface area (Å²) in [5.41, 5.74) is 2.59. The number of benzene rings is 1. The van der Waals surface area contributed by atoms with Crippen molar-refractivity contribution in [2.24, 2.45) is 7.05 Å². The van der Waals surface area contributed by atoms with Crippen molar-refractivity contribution in [2.45, 2.75) is 45.1 Å². The van der Waals surface area contributed by atoms with Crippen LogP contribution < -0.4 is 4.74 Å². The summed E-state index contributed by atoms with van der Waals surface area (Å²) < 4.78 is 8.39. The molecule has 0 radical (unpaired) electrons. The number of fused-ring (bicyclic) bond motifs is 1. The molecule has 0 atom stereocenters. The first kappa shape index (κ1) is 18.6. The molecule has 0 unspecified atom stereocenters. The molecular weight excluding hydrogens is 352 g/mol. The van der Waals surface area contributed by atoms with E-state index in [1.165, 1.54) is 5.52 Å². The fraction of sp³-hybridized carbons (Fsp3) is 0.455. The highest BCUT2D eigenvalue weighted by molar-refractivity contribution is 5.92. The second-order valence-corrected chi connectivity index (χ2v) is 8.64. The SMILES string of the molecule is Cn1ccc2c(OC3CCN(C(=O)c4cc(C(C)(C)C)[nH]n4)CC3)cccc21. The molecule has 1 N–H and O–H groups in total. The summed E-state index contributed by atoms with van der Waals surface area (Å²) in [6, 6.07) is 10.1. The number of hydrogen-bond acceptors (Lipinski definition) is 3. The molecule has 3 aromatic rings. The van der Waals surface area contributed by atoms with Gasteiger partial charge in [-0.15, -0.1) is 0 Å². The zero-order valence-corrected chi connectivity index (χ0v) is 17.0. The molecule has 1 aliphatic heterocycles. The van der Waals surface area contributed by atoms with Crippen LogP contribution in [0.1, 0.15) is 49.8 Å². The van der Waals surface area contributed by atoms with Crippen LogP contribution in [0.2, 0.25) is 0 Å². The first-order chi connectivity index (χ1) is 13.3. The largest absolute Gasteiger partial charge is 0.490 e. The summed E-state index contributed by atoms with van der Waals surface area (Å²) in [7, 11) is 2.04. The predicted molar refractivity (Wildman–Crippen MR) is 110 cm³/mol. The number of amides is 1. The van der Waals surface area contributed by atoms with E-state index in [-0.39, 0.29) is 17.4 Å². The van der Waals surface area contributed by atoms with E-state index in [9.17, 15) is 4.79 Å². The normalized spacial score (nSPS) is 15.9. The van der Waals surface area contributed by atoms with Crippen molar-refractivity contribution >= 4 is 16.8 Å². The minimum Gasteiger partial charge on any atom is -0.490 e. The van der Waals surface area contributed by atoms with Gasteiger partial charge in [-0.05, 0) is 24.3 Å². The number of hydrogen-bond donors (Lipinski definition) is 1. The second-order valence-electron chi connectivity index (χ2n) is 8.64. The van der Waals surface area contributed by atoms with Crippen molar-refractivity contribution < 1.29 is 9.53 Å². The third-order valence-electron chi connectivity index (χ3n) is 5.52. The molecule has 0 aliphatic carbocycles. The van der Waals surface area contributed by atoms with Gasteiger partial charge in [0.15, 0.2) is 0 Å². The molecule has 0 spiro atoms. The maximum atomic E-state index is 12.8. The number of nitrogens with one attached hydrogen (secondary N) is 1. The topological polar surface area (TPSA) is 63.1 Å². The van der Waals surface area contributed by atoms with Crippen molar-refractivity contribution in [2.75, 3.05) is 13.1 Å². The van der Waals surface area contributed by atoms with Crippen LogP contribution in [0.5, 0.6) is 5.75 Å². The number of aromatic nitrogens is 3. The fourth-order valence-electron chi connectivity index (χ4n) is 3.71. The van der Waals surface area contributed by atoms with Gasteiger partial charge in [-0.3, -0.25) is 9.89 Å². The van der Waals surface area contributed by atoms with Gasteiger partial charge in [0.1, 0.15) is 17.5 Å². The van der Waals surface area contributed by atoms with Gasteiger partial charge in [0, 0.05) is 55.7 Å². The molecule has 0 saturated carbocycles. The van der Waals surface area contributed by atoms with Crippen LogP contribution in [0.3, 0.4) is 0 Å². The molecule has 6 nitrogen and oxygen atoms in total. The van der Waals surface area contributed by atoms with E-state index in [2.05, 4.69) is 53.9 Å². The molecule has 4 rings (SSSR count). The minimum atomic E-state index is -0.0508. The highest BCUT2D eigenvalue weighted by Crippen LogP contribution is 2.29. The van der Waals surface area contributed by atoms with Gasteiger partial charge in [0.05, 0.1) is 5.52 Å². The number of nitrogens with zero attached hydrogens (tertiary/aromatic N) is 3. The zero-order valence-electron chi connectivity index (χ0n) is 17.0. The number of aromatic amines is 1. The van der Waals surface area contributed by atoms with Crippen LogP contribution >= 0.6 is 0 Å². The van der Waals surface area contributed by atoms with Crippen molar-refractivity contribution in [1.82, 2.24) is 19.7 Å². The maximum absolute atomic E-state index is 12.8. The van der Waals surface area contributed by atoms with E-state index in [1.807, 2.05) is 30.1 Å². The Kier molecular flexibility index (Phi) is 4.65. The first-order valence-electron chi connectivity index (χ1n) is 9.89. The molecule has 1 saturated heterocycles. The number of rotatable bonds is 3. The molecule has 1 fully saturated rings. The summed E-state index contributed by atoms with van der Waals surface area (Å²) in [5.74, 6) is 0.917. The number of ether oxygens (including phenoxy) is 1. The van der Waals surface area contributed by atoms with Crippen molar-refractivity contribution in [3.05, 3.63) is 47.9 Å². The standard InChI is InChI=1S/C22H28N4O2/c1-22(2,3)20-14-17(23-24-20)21(27)26-12-8-15(9-13-26)28-19-7-5-6-18-16(19)10-11-25(18)4/h5-7,10-11,14-15H,8-9,12-13H2,1-4H3,(H,23,24). The van der Waals surface area contributed by atoms with Crippen LogP contribution in [0, 0.1) is 0 Å². The van der Waals surface area contributed by atoms with E-state index in [1.54, 1.807) is 0 Å². The fourth-order valence-corrected chi connectivity index (χ4v) is 3.71. The Morgan fingerprint density at radius 1 is 1.21 bits per heavy atom. The molecule has 0 bridgehead atoms. The van der Waals surface area contributed by atoms with Gasteiger partial charge in [-0.1, -0.05) is 26.8 Å². The Morgan fingerprint density at radius 2 is 1.96 bits per heavy atom. The second kappa shape index (κ2) is 7.00. The lowest BCUT2D eigenvalue weighted by atomic mass is 9.92. The van der Waals surface area contributed by atoms with Crippen LogP contribution in [-0.4, -0.2) is 44.8 Å². The number of aryl methyl sites for hydroxylation is 1. The highest BCUT2D eigenvalue weighted by Gasteiger charge is 2.27. The monoisotopic (exact) mass is 380 g/mol. The van der Waals surface area contributed by atoms with E-state index >= 15 is 0 Å². The number of carbonyl (C=O) groups excluding carboxylic acids is 1. The molecule has 148 valence electrons. The third kappa shape index (κ3) is 3.51. The van der Waals surface area contributed by atoms with Gasteiger partial charge >= 0.3 is 0 Å². The number of likely N-dealkylation sites (tertiary alicyclic amines) is 1. The van der Waals surface area contributed by atoms with Gasteiger partial charge in [0.2, 0.25) is 0 Å². The number of H-pyrrole nitrogens is 1. The summed E-state index contributed by atoms with van der Waals surface area (Å²) in [4.78, 5) is 14.7. The average Bonchev–Trinajstić information content (AvgIpc) is 3.30. The lowest BCUT2D eigenvalue weighted by Crippen LogP contribution is -2.42. The van der Waals surface area contributed by atoms with Gasteiger partial charge < -0.3 is 14.2 Å². The molecule has 1 amide bonds. The molecule has 6 heteroatoms. The predicted octanol–water partition coefficient (Wildman–Crippen LogP) is 3.88. The minimum absolute atomic E-state index is 0.00430. The average molecular weight is 380 g/mol. The van der Waals surface area contributed by atoms with Gasteiger partial charge in [-0.25, -0.2) is 0 Å². The highest BCUT2D eigenvalue weighted by atomic mass is 16.5. The smallest absolute Gasteiger partial charge is 0.274 e. The maximum Gasteiger partial charge on any atom is 0.274 e. The van der Waals surface area contributed by atoms with Crippen molar-refractivity contribution in [3.63, 3.8) is 0 Å². The summed E-state index contributed by atoms with van der Waals surface area (Å²) in [6.07, 6.45) is 3.82. The molecule has 1 aliphatic rings. The van der Waals surface area contributed by atoms with Crippen molar-refractivity contribution in [1.29, 1.82) is 0 Å². The van der Waals surface area contributed by atoms with Crippen LogP contribution in [0.15, 0.2) is 36.5 Å². The summed E-state index contributed by atoms with van der Waals surface area (Å²) in [5, 5.41) is 8.37. The Hall–Kier alpha value is -2.76. The Morgan fingerprint density at radius 3 is 2.64 bits per heavy atom. The van der Waals surface area contributed by atoms with E-state index in [0.29, 0.717) is 18.8 Å². The molecule has 28 heavy (non-hydrogen) atoms. The Balaban J connectivity index is 1.39. The molecule has 1 aromatic carbocycles. The van der Waals surface area contributed by atoms with Crippen LogP contribution in [-0.2, 0) is 12.5 Å². The molecule has 3 heterocycles. The van der Waals surface area contributed by atoms with Crippen LogP contribution in [0.4, 0.5) is 0 Å². The zero-order chi connectivity index (χ0) is 19.9. The number of carbonyl (C=O) groups is 1. The van der Waals surface area contributed by atoms with E-state index in [4.69, 9.17) is 4.74 Å². The lowest BCUT2D eigenvalue weighted by molar-refractivity contribution is 0.0592. The Bertz CT molecular complexity index is 988. The van der Waals surface area contributed by atoms with E-state index < -0.39 is 0 Å². The first-order valence-corrected chi connectivity index (χ1v) is 9.89. The quantitative estimate of drug-likeness (QED) is 0.750. The molecule has 2 aromatic heterocycles. The lowest BCUT2D eigenvalue weighted by Gasteiger charge is -2.32. The Labute approximate surface area is 165 Å².